The average molecular weight is 341 g/mol. The largest absolute Gasteiger partial charge is 0.448 e. The Labute approximate surface area is 144 Å². The van der Waals surface area contributed by atoms with Crippen molar-refractivity contribution in [2.45, 2.75) is 13.3 Å². The summed E-state index contributed by atoms with van der Waals surface area (Å²) in [7, 11) is 0. The van der Waals surface area contributed by atoms with E-state index in [0.717, 1.165) is 28.2 Å². The van der Waals surface area contributed by atoms with Gasteiger partial charge in [0, 0.05) is 13.1 Å². The molecule has 1 aliphatic heterocycles. The predicted octanol–water partition coefficient (Wildman–Crippen LogP) is 3.37. The van der Waals surface area contributed by atoms with Gasteiger partial charge in [-0.25, -0.2) is 4.98 Å². The van der Waals surface area contributed by atoms with Crippen molar-refractivity contribution in [1.82, 2.24) is 9.88 Å². The normalized spacial score (nSPS) is 20.8. The molecule has 1 saturated heterocycles. The molecule has 0 spiro atoms. The van der Waals surface area contributed by atoms with Crippen LogP contribution in [0.4, 0.5) is 0 Å². The Kier molecular flexibility index (Phi) is 3.66. The lowest BCUT2D eigenvalue weighted by Gasteiger charge is -2.21. The highest BCUT2D eigenvalue weighted by molar-refractivity contribution is 7.21. The molecule has 0 aliphatic carbocycles. The van der Waals surface area contributed by atoms with Crippen LogP contribution >= 0.6 is 11.3 Å². The van der Waals surface area contributed by atoms with Crippen LogP contribution in [0, 0.1) is 5.41 Å². The molecule has 124 valence electrons. The minimum Gasteiger partial charge on any atom is -0.448 e. The van der Waals surface area contributed by atoms with E-state index in [1.54, 1.807) is 17.4 Å². The number of thiazole rings is 1. The molecule has 2 N–H and O–H groups in total. The number of likely N-dealkylation sites (tertiary alicyclic amines) is 1. The van der Waals surface area contributed by atoms with Crippen molar-refractivity contribution in [3.05, 3.63) is 42.2 Å². The van der Waals surface area contributed by atoms with Crippen molar-refractivity contribution in [2.24, 2.45) is 11.1 Å². The van der Waals surface area contributed by atoms with Gasteiger partial charge >= 0.3 is 0 Å². The van der Waals surface area contributed by atoms with Gasteiger partial charge in [-0.2, -0.15) is 0 Å². The molecule has 5 nitrogen and oxygen atoms in total. The third kappa shape index (κ3) is 2.61. The number of carbonyl (C=O) groups excluding carboxylic acids is 1. The number of benzene rings is 1. The molecule has 6 heteroatoms. The maximum atomic E-state index is 12.6. The summed E-state index contributed by atoms with van der Waals surface area (Å²) < 4.78 is 6.91. The van der Waals surface area contributed by atoms with E-state index in [9.17, 15) is 4.79 Å². The maximum Gasteiger partial charge on any atom is 0.289 e. The van der Waals surface area contributed by atoms with Crippen molar-refractivity contribution < 1.29 is 9.21 Å². The lowest BCUT2D eigenvalue weighted by atomic mass is 9.90. The van der Waals surface area contributed by atoms with Gasteiger partial charge in [0.2, 0.25) is 0 Å². The first-order valence-corrected chi connectivity index (χ1v) is 8.85. The summed E-state index contributed by atoms with van der Waals surface area (Å²) in [5.41, 5.74) is 6.77. The van der Waals surface area contributed by atoms with Crippen LogP contribution in [0.5, 0.6) is 0 Å². The van der Waals surface area contributed by atoms with Gasteiger partial charge in [0.1, 0.15) is 0 Å². The fourth-order valence-corrected chi connectivity index (χ4v) is 3.99. The van der Waals surface area contributed by atoms with Gasteiger partial charge in [0.25, 0.3) is 5.91 Å². The van der Waals surface area contributed by atoms with Crippen LogP contribution in [-0.4, -0.2) is 35.4 Å². The van der Waals surface area contributed by atoms with Crippen LogP contribution in [0.2, 0.25) is 0 Å². The summed E-state index contributed by atoms with van der Waals surface area (Å²) >= 11 is 1.56. The molecule has 1 fully saturated rings. The summed E-state index contributed by atoms with van der Waals surface area (Å²) in [4.78, 5) is 19.0. The minimum atomic E-state index is -0.0699. The number of furan rings is 1. The van der Waals surface area contributed by atoms with E-state index in [0.29, 0.717) is 24.6 Å². The number of fused-ring (bicyclic) bond motifs is 1. The molecule has 3 aromatic rings. The highest BCUT2D eigenvalue weighted by atomic mass is 32.1. The molecule has 24 heavy (non-hydrogen) atoms. The number of hydrogen-bond acceptors (Lipinski definition) is 5. The SMILES string of the molecule is CC1(CN)CCN(C(=O)c2ccc(-c3nc4ccccc4s3)o2)C1. The number of aromatic nitrogens is 1. The first kappa shape index (κ1) is 15.4. The number of rotatable bonds is 3. The second-order valence-electron chi connectivity index (χ2n) is 6.64. The highest BCUT2D eigenvalue weighted by Crippen LogP contribution is 2.33. The van der Waals surface area contributed by atoms with E-state index >= 15 is 0 Å². The molecule has 0 saturated carbocycles. The summed E-state index contributed by atoms with van der Waals surface area (Å²) in [6.07, 6.45) is 0.931. The van der Waals surface area contributed by atoms with E-state index in [4.69, 9.17) is 10.2 Å². The Hall–Kier alpha value is -2.18. The minimum absolute atomic E-state index is 0.0120. The van der Waals surface area contributed by atoms with Crippen molar-refractivity contribution in [2.75, 3.05) is 19.6 Å². The molecule has 0 radical (unpaired) electrons. The summed E-state index contributed by atoms with van der Waals surface area (Å²) in [6.45, 7) is 4.12. The van der Waals surface area contributed by atoms with E-state index in [1.165, 1.54) is 0 Å². The second-order valence-corrected chi connectivity index (χ2v) is 7.67. The van der Waals surface area contributed by atoms with Crippen LogP contribution in [0.15, 0.2) is 40.8 Å². The van der Waals surface area contributed by atoms with Gasteiger partial charge in [-0.3, -0.25) is 4.79 Å². The Morgan fingerprint density at radius 2 is 2.21 bits per heavy atom. The van der Waals surface area contributed by atoms with Gasteiger partial charge < -0.3 is 15.1 Å². The van der Waals surface area contributed by atoms with E-state index in [1.807, 2.05) is 35.2 Å². The third-order valence-corrected chi connectivity index (χ3v) is 5.71. The zero-order valence-corrected chi connectivity index (χ0v) is 14.3. The summed E-state index contributed by atoms with van der Waals surface area (Å²) in [6, 6.07) is 11.5. The summed E-state index contributed by atoms with van der Waals surface area (Å²) in [5, 5.41) is 0.795. The lowest BCUT2D eigenvalue weighted by molar-refractivity contribution is 0.0746. The summed E-state index contributed by atoms with van der Waals surface area (Å²) in [5.74, 6) is 0.936. The first-order valence-electron chi connectivity index (χ1n) is 8.03. The molecule has 1 unspecified atom stereocenters. The average Bonchev–Trinajstić information content (AvgIpc) is 3.31. The topological polar surface area (TPSA) is 72.4 Å². The van der Waals surface area contributed by atoms with Crippen LogP contribution in [0.25, 0.3) is 21.0 Å². The number of para-hydroxylation sites is 1. The van der Waals surface area contributed by atoms with Gasteiger partial charge in [-0.15, -0.1) is 11.3 Å². The van der Waals surface area contributed by atoms with Crippen LogP contribution in [0.1, 0.15) is 23.9 Å². The molecule has 1 amide bonds. The predicted molar refractivity (Wildman–Crippen MR) is 95.0 cm³/mol. The number of nitrogens with zero attached hydrogens (tertiary/aromatic N) is 2. The molecular formula is C18H19N3O2S. The third-order valence-electron chi connectivity index (χ3n) is 4.66. The van der Waals surface area contributed by atoms with Gasteiger partial charge in [-0.1, -0.05) is 19.1 Å². The van der Waals surface area contributed by atoms with Crippen LogP contribution in [-0.2, 0) is 0 Å². The second kappa shape index (κ2) is 5.72. The zero-order chi connectivity index (χ0) is 16.7. The Balaban J connectivity index is 1.57. The number of carbonyl (C=O) groups is 1. The highest BCUT2D eigenvalue weighted by Gasteiger charge is 2.36. The van der Waals surface area contributed by atoms with Crippen LogP contribution in [0.3, 0.4) is 0 Å². The lowest BCUT2D eigenvalue weighted by Crippen LogP contribution is -2.34. The van der Waals surface area contributed by atoms with Gasteiger partial charge in [0.15, 0.2) is 16.5 Å². The van der Waals surface area contributed by atoms with Crippen molar-refractivity contribution in [1.29, 1.82) is 0 Å². The van der Waals surface area contributed by atoms with E-state index < -0.39 is 0 Å². The van der Waals surface area contributed by atoms with E-state index in [-0.39, 0.29) is 11.3 Å². The first-order chi connectivity index (χ1) is 11.6. The molecule has 1 aliphatic rings. The molecule has 3 heterocycles. The Bertz CT molecular complexity index is 867. The number of amides is 1. The maximum absolute atomic E-state index is 12.6. The molecule has 0 bridgehead atoms. The van der Waals surface area contributed by atoms with Crippen molar-refractivity contribution in [3.63, 3.8) is 0 Å². The van der Waals surface area contributed by atoms with Gasteiger partial charge in [-0.05, 0) is 42.6 Å². The monoisotopic (exact) mass is 341 g/mol. The van der Waals surface area contributed by atoms with Crippen molar-refractivity contribution >= 4 is 27.5 Å². The number of nitrogens with two attached hydrogens (primary N) is 1. The van der Waals surface area contributed by atoms with Crippen LogP contribution < -0.4 is 5.73 Å². The van der Waals surface area contributed by atoms with Crippen molar-refractivity contribution in [3.8, 4) is 10.8 Å². The van der Waals surface area contributed by atoms with E-state index in [2.05, 4.69) is 11.9 Å². The Morgan fingerprint density at radius 1 is 1.38 bits per heavy atom. The quantitative estimate of drug-likeness (QED) is 0.793. The molecular weight excluding hydrogens is 322 g/mol. The Morgan fingerprint density at radius 3 is 2.96 bits per heavy atom. The fourth-order valence-electron chi connectivity index (χ4n) is 3.06. The molecule has 1 atom stereocenters. The zero-order valence-electron chi connectivity index (χ0n) is 13.5. The van der Waals surface area contributed by atoms with Gasteiger partial charge in [0.05, 0.1) is 10.2 Å². The number of hydrogen-bond donors (Lipinski definition) is 1. The standard InChI is InChI=1S/C18H19N3O2S/c1-18(10-19)8-9-21(11-18)17(22)14-7-6-13(23-14)16-20-12-4-2-3-5-15(12)24-16/h2-7H,8-11,19H2,1H3. The molecule has 1 aromatic carbocycles. The smallest absolute Gasteiger partial charge is 0.289 e. The molecule has 2 aromatic heterocycles. The fraction of sp³-hybridized carbons (Fsp3) is 0.333. The molecule has 4 rings (SSSR count).